The minimum Gasteiger partial charge on any atom is -0.399 e. The molecule has 0 unspecified atom stereocenters. The van der Waals surface area contributed by atoms with Crippen LogP contribution in [0, 0.1) is 0 Å². The van der Waals surface area contributed by atoms with E-state index < -0.39 is 0 Å². The molecule has 4 heteroatoms. The summed E-state index contributed by atoms with van der Waals surface area (Å²) in [7, 11) is 0. The fourth-order valence-electron chi connectivity index (χ4n) is 1.68. The van der Waals surface area contributed by atoms with Gasteiger partial charge >= 0.3 is 0 Å². The Bertz CT molecular complexity index is 570. The molecule has 3 N–H and O–H groups in total. The van der Waals surface area contributed by atoms with Crippen LogP contribution in [-0.2, 0) is 0 Å². The third-order valence-corrected chi connectivity index (χ3v) is 3.62. The van der Waals surface area contributed by atoms with Crippen molar-refractivity contribution >= 4 is 23.4 Å². The van der Waals surface area contributed by atoms with Crippen LogP contribution in [0.3, 0.4) is 0 Å². The Balaban J connectivity index is 2.32. The predicted octanol–water partition coefficient (Wildman–Crippen LogP) is 3.17. The third-order valence-electron chi connectivity index (χ3n) is 2.56. The minimum absolute atomic E-state index is 0.0686. The maximum Gasteiger partial charge on any atom is 0.252 e. The zero-order valence-corrected chi connectivity index (χ0v) is 11.5. The molecule has 0 aliphatic rings. The molecule has 98 valence electrons. The first-order valence-corrected chi connectivity index (χ1v) is 6.93. The largest absolute Gasteiger partial charge is 0.399 e. The summed E-state index contributed by atoms with van der Waals surface area (Å²) in [5.41, 5.74) is 7.13. The number of benzene rings is 2. The first-order valence-electron chi connectivity index (χ1n) is 6.11. The number of nitrogens with two attached hydrogens (primary N) is 1. The first kappa shape index (κ1) is 13.5. The molecule has 0 aliphatic heterocycles. The molecule has 0 bridgehead atoms. The van der Waals surface area contributed by atoms with Gasteiger partial charge in [0, 0.05) is 22.0 Å². The van der Waals surface area contributed by atoms with E-state index in [4.69, 9.17) is 5.73 Å². The normalized spacial score (nSPS) is 10.2. The number of rotatable bonds is 4. The van der Waals surface area contributed by atoms with Gasteiger partial charge in [0.25, 0.3) is 5.91 Å². The Morgan fingerprint density at radius 2 is 1.95 bits per heavy atom. The minimum atomic E-state index is -0.0686. The number of nitrogens with one attached hydrogen (secondary N) is 1. The van der Waals surface area contributed by atoms with Crippen molar-refractivity contribution < 1.29 is 4.79 Å². The summed E-state index contributed by atoms with van der Waals surface area (Å²) in [6.07, 6.45) is 0. The van der Waals surface area contributed by atoms with E-state index in [1.165, 1.54) is 0 Å². The lowest BCUT2D eigenvalue weighted by atomic mass is 10.2. The molecule has 0 atom stereocenters. The number of carbonyl (C=O) groups excluding carboxylic acids is 1. The SMILES string of the molecule is CCNC(=O)c1ccc(N)cc1Sc1ccccc1. The van der Waals surface area contributed by atoms with Crippen molar-refractivity contribution in [2.75, 3.05) is 12.3 Å². The zero-order valence-electron chi connectivity index (χ0n) is 10.7. The van der Waals surface area contributed by atoms with Crippen molar-refractivity contribution in [3.05, 3.63) is 54.1 Å². The topological polar surface area (TPSA) is 55.1 Å². The van der Waals surface area contributed by atoms with Crippen molar-refractivity contribution in [3.63, 3.8) is 0 Å². The molecule has 0 radical (unpaired) electrons. The van der Waals surface area contributed by atoms with Gasteiger partial charge in [0.1, 0.15) is 0 Å². The number of nitrogen functional groups attached to an aromatic ring is 1. The molecule has 0 saturated carbocycles. The molecule has 0 heterocycles. The van der Waals surface area contributed by atoms with Crippen LogP contribution in [-0.4, -0.2) is 12.5 Å². The van der Waals surface area contributed by atoms with Crippen LogP contribution in [0.15, 0.2) is 58.3 Å². The Morgan fingerprint density at radius 1 is 1.21 bits per heavy atom. The molecule has 0 saturated heterocycles. The Kier molecular flexibility index (Phi) is 4.47. The van der Waals surface area contributed by atoms with E-state index in [-0.39, 0.29) is 5.91 Å². The molecule has 19 heavy (non-hydrogen) atoms. The van der Waals surface area contributed by atoms with Crippen molar-refractivity contribution in [3.8, 4) is 0 Å². The quantitative estimate of drug-likeness (QED) is 0.841. The van der Waals surface area contributed by atoms with Gasteiger partial charge in [-0.3, -0.25) is 4.79 Å². The lowest BCUT2D eigenvalue weighted by molar-refractivity contribution is 0.0953. The number of amides is 1. The zero-order chi connectivity index (χ0) is 13.7. The number of anilines is 1. The highest BCUT2D eigenvalue weighted by Gasteiger charge is 2.12. The van der Waals surface area contributed by atoms with Crippen molar-refractivity contribution in [1.82, 2.24) is 5.32 Å². The lowest BCUT2D eigenvalue weighted by Crippen LogP contribution is -2.23. The van der Waals surface area contributed by atoms with Gasteiger partial charge in [0.05, 0.1) is 5.56 Å². The second-order valence-corrected chi connectivity index (χ2v) is 5.15. The molecule has 0 aromatic heterocycles. The maximum absolute atomic E-state index is 12.0. The van der Waals surface area contributed by atoms with E-state index in [0.29, 0.717) is 17.8 Å². The summed E-state index contributed by atoms with van der Waals surface area (Å²) < 4.78 is 0. The second kappa shape index (κ2) is 6.29. The molecule has 0 spiro atoms. The van der Waals surface area contributed by atoms with Gasteiger partial charge in [-0.2, -0.15) is 0 Å². The Labute approximate surface area is 117 Å². The summed E-state index contributed by atoms with van der Waals surface area (Å²) in [6, 6.07) is 15.3. The van der Waals surface area contributed by atoms with Crippen molar-refractivity contribution in [2.45, 2.75) is 16.7 Å². The van der Waals surface area contributed by atoms with Crippen molar-refractivity contribution in [2.24, 2.45) is 0 Å². The maximum atomic E-state index is 12.0. The standard InChI is InChI=1S/C15H16N2OS/c1-2-17-15(18)13-9-8-11(16)10-14(13)19-12-6-4-3-5-7-12/h3-10H,2,16H2,1H3,(H,17,18). The van der Waals surface area contributed by atoms with Gasteiger partial charge < -0.3 is 11.1 Å². The van der Waals surface area contributed by atoms with E-state index in [1.54, 1.807) is 23.9 Å². The highest BCUT2D eigenvalue weighted by atomic mass is 32.2. The van der Waals surface area contributed by atoms with Crippen LogP contribution in [0.1, 0.15) is 17.3 Å². The third kappa shape index (κ3) is 3.51. The smallest absolute Gasteiger partial charge is 0.252 e. The monoisotopic (exact) mass is 272 g/mol. The molecule has 3 nitrogen and oxygen atoms in total. The molecule has 2 aromatic rings. The molecule has 0 fully saturated rings. The summed E-state index contributed by atoms with van der Waals surface area (Å²) in [6.45, 7) is 2.51. The van der Waals surface area contributed by atoms with E-state index in [1.807, 2.05) is 43.3 Å². The van der Waals surface area contributed by atoms with E-state index in [2.05, 4.69) is 5.32 Å². The average Bonchev–Trinajstić information content (AvgIpc) is 2.40. The van der Waals surface area contributed by atoms with Crippen LogP contribution in [0.4, 0.5) is 5.69 Å². The highest BCUT2D eigenvalue weighted by Crippen LogP contribution is 2.31. The summed E-state index contributed by atoms with van der Waals surface area (Å²) in [5, 5.41) is 2.81. The fourth-order valence-corrected chi connectivity index (χ4v) is 2.70. The predicted molar refractivity (Wildman–Crippen MR) is 79.4 cm³/mol. The van der Waals surface area contributed by atoms with Gasteiger partial charge in [-0.15, -0.1) is 0 Å². The van der Waals surface area contributed by atoms with Crippen LogP contribution in [0.25, 0.3) is 0 Å². The van der Waals surface area contributed by atoms with Crippen LogP contribution in [0.5, 0.6) is 0 Å². The van der Waals surface area contributed by atoms with E-state index in [9.17, 15) is 4.79 Å². The van der Waals surface area contributed by atoms with Crippen LogP contribution in [0.2, 0.25) is 0 Å². The number of hydrogen-bond acceptors (Lipinski definition) is 3. The molecule has 0 aliphatic carbocycles. The van der Waals surface area contributed by atoms with Gasteiger partial charge in [0.2, 0.25) is 0 Å². The Morgan fingerprint density at radius 3 is 2.63 bits per heavy atom. The summed E-state index contributed by atoms with van der Waals surface area (Å²) in [5.74, 6) is -0.0686. The lowest BCUT2D eigenvalue weighted by Gasteiger charge is -2.10. The molecule has 1 amide bonds. The molecular weight excluding hydrogens is 256 g/mol. The number of carbonyl (C=O) groups is 1. The highest BCUT2D eigenvalue weighted by molar-refractivity contribution is 7.99. The molecule has 2 aromatic carbocycles. The summed E-state index contributed by atoms with van der Waals surface area (Å²) in [4.78, 5) is 14.0. The average molecular weight is 272 g/mol. The fraction of sp³-hybridized carbons (Fsp3) is 0.133. The Hall–Kier alpha value is -1.94. The number of hydrogen-bond donors (Lipinski definition) is 2. The molecular formula is C15H16N2OS. The second-order valence-electron chi connectivity index (χ2n) is 4.03. The van der Waals surface area contributed by atoms with Crippen molar-refractivity contribution in [1.29, 1.82) is 0 Å². The van der Waals surface area contributed by atoms with Gasteiger partial charge in [0.15, 0.2) is 0 Å². The van der Waals surface area contributed by atoms with Gasteiger partial charge in [-0.1, -0.05) is 30.0 Å². The van der Waals surface area contributed by atoms with Gasteiger partial charge in [-0.05, 0) is 37.3 Å². The van der Waals surface area contributed by atoms with E-state index in [0.717, 1.165) is 9.79 Å². The van der Waals surface area contributed by atoms with E-state index >= 15 is 0 Å². The first-order chi connectivity index (χ1) is 9.20. The summed E-state index contributed by atoms with van der Waals surface area (Å²) >= 11 is 1.54. The van der Waals surface area contributed by atoms with Gasteiger partial charge in [-0.25, -0.2) is 0 Å². The van der Waals surface area contributed by atoms with Crippen LogP contribution < -0.4 is 11.1 Å². The molecule has 2 rings (SSSR count). The van der Waals surface area contributed by atoms with Crippen LogP contribution >= 0.6 is 11.8 Å².